The van der Waals surface area contributed by atoms with Gasteiger partial charge in [-0.05, 0) is 38.2 Å². The van der Waals surface area contributed by atoms with Crippen LogP contribution in [-0.2, 0) is 10.0 Å². The fourth-order valence-corrected chi connectivity index (χ4v) is 3.29. The molecule has 0 radical (unpaired) electrons. The van der Waals surface area contributed by atoms with Crippen LogP contribution in [0.5, 0.6) is 0 Å². The van der Waals surface area contributed by atoms with Crippen LogP contribution in [-0.4, -0.2) is 38.5 Å². The van der Waals surface area contributed by atoms with Crippen LogP contribution in [0.1, 0.15) is 6.42 Å². The van der Waals surface area contributed by atoms with Gasteiger partial charge in [0.15, 0.2) is 0 Å². The monoisotopic (exact) mass is 360 g/mol. The molecule has 0 amide bonds. The summed E-state index contributed by atoms with van der Waals surface area (Å²) < 4.78 is 27.2. The molecule has 0 aliphatic carbocycles. The van der Waals surface area contributed by atoms with Crippen LogP contribution in [0, 0.1) is 10.1 Å². The van der Waals surface area contributed by atoms with Crippen molar-refractivity contribution >= 4 is 39.0 Å². The molecule has 126 valence electrons. The Morgan fingerprint density at radius 3 is 2.65 bits per heavy atom. The second-order valence-corrected chi connectivity index (χ2v) is 6.33. The topological polar surface area (TPSA) is 114 Å². The Labute approximate surface area is 139 Å². The van der Waals surface area contributed by atoms with Crippen molar-refractivity contribution in [3.05, 3.63) is 40.6 Å². The quantitative estimate of drug-likeness (QED) is 0.439. The second-order valence-electron chi connectivity index (χ2n) is 4.59. The summed E-state index contributed by atoms with van der Waals surface area (Å²) in [5.74, 6) is 0. The summed E-state index contributed by atoms with van der Waals surface area (Å²) in [7, 11) is -1.99. The number of benzene rings is 1. The molecule has 0 unspecified atom stereocenters. The van der Waals surface area contributed by atoms with Gasteiger partial charge in [-0.1, -0.05) is 0 Å². The summed E-state index contributed by atoms with van der Waals surface area (Å²) in [6, 6.07) is 5.42. The average molecular weight is 361 g/mol. The van der Waals surface area contributed by atoms with Crippen molar-refractivity contribution in [2.24, 2.45) is 0 Å². The lowest BCUT2D eigenvalue weighted by Gasteiger charge is -2.09. The first-order valence-corrected chi connectivity index (χ1v) is 8.12. The number of hydrogen-bond acceptors (Lipinski definition) is 6. The molecule has 0 spiro atoms. The number of nitrogens with one attached hydrogen (secondary N) is 2. The van der Waals surface area contributed by atoms with Crippen LogP contribution < -0.4 is 10.0 Å². The Kier molecular flexibility index (Phi) is 6.82. The number of non-ortho nitro benzene ring substituents is 1. The summed E-state index contributed by atoms with van der Waals surface area (Å²) >= 11 is 0. The van der Waals surface area contributed by atoms with Crippen molar-refractivity contribution in [1.82, 2.24) is 15.0 Å². The molecule has 0 bridgehead atoms. The van der Waals surface area contributed by atoms with Crippen LogP contribution in [0.15, 0.2) is 35.4 Å². The smallest absolute Gasteiger partial charge is 0.278 e. The molecule has 2 aromatic rings. The van der Waals surface area contributed by atoms with E-state index in [0.717, 1.165) is 0 Å². The molecule has 1 heterocycles. The van der Waals surface area contributed by atoms with Crippen LogP contribution in [0.2, 0.25) is 0 Å². The van der Waals surface area contributed by atoms with Crippen molar-refractivity contribution < 1.29 is 13.3 Å². The summed E-state index contributed by atoms with van der Waals surface area (Å²) in [5, 5.41) is 14.1. The maximum absolute atomic E-state index is 12.3. The maximum atomic E-state index is 12.3. The number of nitro benzene ring substituents is 1. The van der Waals surface area contributed by atoms with Gasteiger partial charge in [-0.2, -0.15) is 0 Å². The Morgan fingerprint density at radius 1 is 1.26 bits per heavy atom. The molecule has 8 nitrogen and oxygen atoms in total. The Hall–Kier alpha value is -1.81. The number of aromatic nitrogens is 1. The number of nitro groups is 1. The summed E-state index contributed by atoms with van der Waals surface area (Å²) in [5.41, 5.74) is -0.0740. The standard InChI is InChI=1S/C13H16N4O4S.ClH/c1-14-7-3-9-16-22(20,21)12-6-5-11(17(18)19)10-4-2-8-15-13(10)12;/h2,4-6,8,14,16H,3,7,9H2,1H3;1H. The number of halogens is 1. The Bertz CT molecular complexity index is 798. The largest absolute Gasteiger partial charge is 0.320 e. The SMILES string of the molecule is CNCCCNS(=O)(=O)c1ccc([N+](=O)[O-])c2cccnc12.Cl. The van der Waals surface area contributed by atoms with Gasteiger partial charge in [0.1, 0.15) is 4.90 Å². The molecule has 0 aliphatic heterocycles. The molecule has 0 atom stereocenters. The zero-order valence-corrected chi connectivity index (χ0v) is 14.0. The molecule has 1 aromatic carbocycles. The van der Waals surface area contributed by atoms with Gasteiger partial charge in [0.2, 0.25) is 10.0 Å². The first-order valence-electron chi connectivity index (χ1n) is 6.64. The fourth-order valence-electron chi connectivity index (χ4n) is 2.06. The van der Waals surface area contributed by atoms with Gasteiger partial charge >= 0.3 is 0 Å². The van der Waals surface area contributed by atoms with Gasteiger partial charge in [-0.3, -0.25) is 15.1 Å². The maximum Gasteiger partial charge on any atom is 0.278 e. The molecule has 0 fully saturated rings. The van der Waals surface area contributed by atoms with Crippen molar-refractivity contribution in [3.63, 3.8) is 0 Å². The predicted octanol–water partition coefficient (Wildman–Crippen LogP) is 1.45. The van der Waals surface area contributed by atoms with E-state index in [1.807, 2.05) is 0 Å². The Balaban J connectivity index is 0.00000264. The van der Waals surface area contributed by atoms with Gasteiger partial charge in [0.25, 0.3) is 5.69 Å². The zero-order chi connectivity index (χ0) is 16.2. The minimum atomic E-state index is -3.77. The molecule has 0 aliphatic rings. The number of rotatable bonds is 7. The van der Waals surface area contributed by atoms with Gasteiger partial charge < -0.3 is 5.32 Å². The highest BCUT2D eigenvalue weighted by Gasteiger charge is 2.22. The highest BCUT2D eigenvalue weighted by Crippen LogP contribution is 2.29. The zero-order valence-electron chi connectivity index (χ0n) is 12.4. The van der Waals surface area contributed by atoms with Crippen molar-refractivity contribution in [1.29, 1.82) is 0 Å². The van der Waals surface area contributed by atoms with Crippen molar-refractivity contribution in [3.8, 4) is 0 Å². The van der Waals surface area contributed by atoms with E-state index in [2.05, 4.69) is 15.0 Å². The second kappa shape index (κ2) is 8.16. The number of nitrogens with zero attached hydrogens (tertiary/aromatic N) is 2. The van der Waals surface area contributed by atoms with E-state index in [4.69, 9.17) is 0 Å². The van der Waals surface area contributed by atoms with E-state index in [1.165, 1.54) is 30.5 Å². The normalized spacial score (nSPS) is 11.2. The first kappa shape index (κ1) is 19.2. The molecule has 0 saturated carbocycles. The van der Waals surface area contributed by atoms with Crippen LogP contribution in [0.25, 0.3) is 10.9 Å². The van der Waals surface area contributed by atoms with Crippen LogP contribution in [0.3, 0.4) is 0 Å². The number of sulfonamides is 1. The van der Waals surface area contributed by atoms with Crippen LogP contribution >= 0.6 is 12.4 Å². The number of fused-ring (bicyclic) bond motifs is 1. The minimum absolute atomic E-state index is 0. The van der Waals surface area contributed by atoms with Crippen LogP contribution in [0.4, 0.5) is 5.69 Å². The summed E-state index contributed by atoms with van der Waals surface area (Å²) in [4.78, 5) is 14.4. The lowest BCUT2D eigenvalue weighted by molar-refractivity contribution is -0.383. The van der Waals surface area contributed by atoms with E-state index in [0.29, 0.717) is 13.0 Å². The molecule has 10 heteroatoms. The lowest BCUT2D eigenvalue weighted by Crippen LogP contribution is -2.27. The summed E-state index contributed by atoms with van der Waals surface area (Å²) in [6.45, 7) is 0.955. The average Bonchev–Trinajstić information content (AvgIpc) is 2.50. The van der Waals surface area contributed by atoms with Gasteiger partial charge in [-0.25, -0.2) is 13.1 Å². The van der Waals surface area contributed by atoms with E-state index >= 15 is 0 Å². The lowest BCUT2D eigenvalue weighted by atomic mass is 10.2. The molecule has 23 heavy (non-hydrogen) atoms. The highest BCUT2D eigenvalue weighted by molar-refractivity contribution is 7.89. The van der Waals surface area contributed by atoms with Gasteiger partial charge in [0.05, 0.1) is 15.8 Å². The third-order valence-corrected chi connectivity index (χ3v) is 4.58. The van der Waals surface area contributed by atoms with E-state index in [9.17, 15) is 18.5 Å². The first-order chi connectivity index (χ1) is 10.5. The number of pyridine rings is 1. The third-order valence-electron chi connectivity index (χ3n) is 3.09. The van der Waals surface area contributed by atoms with E-state index in [-0.39, 0.29) is 40.4 Å². The number of hydrogen-bond donors (Lipinski definition) is 2. The van der Waals surface area contributed by atoms with Gasteiger partial charge in [-0.15, -0.1) is 12.4 Å². The minimum Gasteiger partial charge on any atom is -0.320 e. The van der Waals surface area contributed by atoms with E-state index < -0.39 is 14.9 Å². The van der Waals surface area contributed by atoms with E-state index in [1.54, 1.807) is 7.05 Å². The van der Waals surface area contributed by atoms with Gasteiger partial charge in [0, 0.05) is 18.8 Å². The van der Waals surface area contributed by atoms with Crippen molar-refractivity contribution in [2.75, 3.05) is 20.1 Å². The molecule has 1 aromatic heterocycles. The Morgan fingerprint density at radius 2 is 2.00 bits per heavy atom. The molecule has 2 N–H and O–H groups in total. The molecular weight excluding hydrogens is 344 g/mol. The summed E-state index contributed by atoms with van der Waals surface area (Å²) in [6.07, 6.45) is 2.04. The highest BCUT2D eigenvalue weighted by atomic mass is 35.5. The fraction of sp³-hybridized carbons (Fsp3) is 0.308. The molecule has 2 rings (SSSR count). The van der Waals surface area contributed by atoms with Crippen molar-refractivity contribution in [2.45, 2.75) is 11.3 Å². The third kappa shape index (κ3) is 4.35. The molecular formula is C13H17ClN4O4S. The predicted molar refractivity (Wildman–Crippen MR) is 89.4 cm³/mol. The molecule has 0 saturated heterocycles.